The van der Waals surface area contributed by atoms with Crippen molar-refractivity contribution in [1.29, 1.82) is 0 Å². The number of aliphatic hydroxyl groups excluding tert-OH is 1. The molecule has 1 aromatic heterocycles. The van der Waals surface area contributed by atoms with Crippen molar-refractivity contribution in [3.05, 3.63) is 18.0 Å². The molecule has 2 saturated heterocycles. The van der Waals surface area contributed by atoms with Gasteiger partial charge in [0.05, 0.1) is 45.3 Å². The lowest BCUT2D eigenvalue weighted by Gasteiger charge is -2.39. The lowest BCUT2D eigenvalue weighted by molar-refractivity contribution is -0.118. The number of hydrogen-bond donors (Lipinski definition) is 1. The van der Waals surface area contributed by atoms with Crippen LogP contribution in [0, 0.1) is 5.92 Å². The van der Waals surface area contributed by atoms with Gasteiger partial charge in [-0.2, -0.15) is 0 Å². The topological polar surface area (TPSA) is 76.9 Å². The molecule has 2 fully saturated rings. The van der Waals surface area contributed by atoms with Gasteiger partial charge in [-0.3, -0.25) is 0 Å². The third kappa shape index (κ3) is 3.88. The summed E-state index contributed by atoms with van der Waals surface area (Å²) in [7, 11) is 0. The van der Waals surface area contributed by atoms with Crippen molar-refractivity contribution < 1.29 is 19.3 Å². The monoisotopic (exact) mass is 295 g/mol. The van der Waals surface area contributed by atoms with Gasteiger partial charge in [0, 0.05) is 25.2 Å². The van der Waals surface area contributed by atoms with Crippen molar-refractivity contribution in [2.75, 3.05) is 51.0 Å². The lowest BCUT2D eigenvalue weighted by atomic mass is 10.0. The van der Waals surface area contributed by atoms with Gasteiger partial charge in [0.1, 0.15) is 6.10 Å². The summed E-state index contributed by atoms with van der Waals surface area (Å²) in [5.74, 6) is 1.18. The van der Waals surface area contributed by atoms with E-state index in [9.17, 15) is 0 Å². The fourth-order valence-corrected chi connectivity index (χ4v) is 2.46. The first-order chi connectivity index (χ1) is 10.3. The number of aliphatic hydroxyl groups is 1. The SMILES string of the molecule is OCc1ccnc(N2CC(COCC3COCCO3)C2)n1. The van der Waals surface area contributed by atoms with Crippen LogP contribution in [0.1, 0.15) is 5.69 Å². The van der Waals surface area contributed by atoms with Gasteiger partial charge >= 0.3 is 0 Å². The Bertz CT molecular complexity index is 448. The summed E-state index contributed by atoms with van der Waals surface area (Å²) in [5.41, 5.74) is 0.647. The van der Waals surface area contributed by atoms with Gasteiger partial charge in [-0.25, -0.2) is 9.97 Å². The number of rotatable bonds is 6. The Hall–Kier alpha value is -1.28. The largest absolute Gasteiger partial charge is 0.390 e. The molecular weight excluding hydrogens is 274 g/mol. The maximum atomic E-state index is 9.08. The van der Waals surface area contributed by atoms with Crippen LogP contribution in [0.2, 0.25) is 0 Å². The average molecular weight is 295 g/mol. The van der Waals surface area contributed by atoms with Gasteiger partial charge in [0.25, 0.3) is 0 Å². The molecule has 1 atom stereocenters. The van der Waals surface area contributed by atoms with Crippen LogP contribution in [0.3, 0.4) is 0 Å². The molecule has 0 radical (unpaired) electrons. The summed E-state index contributed by atoms with van der Waals surface area (Å²) >= 11 is 0. The van der Waals surface area contributed by atoms with Crippen LogP contribution in [0.5, 0.6) is 0 Å². The number of hydrogen-bond acceptors (Lipinski definition) is 7. The molecule has 0 saturated carbocycles. The fourth-order valence-electron chi connectivity index (χ4n) is 2.46. The summed E-state index contributed by atoms with van der Waals surface area (Å²) in [6, 6.07) is 1.72. The van der Waals surface area contributed by atoms with Crippen LogP contribution >= 0.6 is 0 Å². The van der Waals surface area contributed by atoms with E-state index in [1.54, 1.807) is 12.3 Å². The summed E-state index contributed by atoms with van der Waals surface area (Å²) in [4.78, 5) is 10.6. The van der Waals surface area contributed by atoms with E-state index in [2.05, 4.69) is 14.9 Å². The molecule has 116 valence electrons. The van der Waals surface area contributed by atoms with Crippen molar-refractivity contribution in [2.24, 2.45) is 5.92 Å². The molecule has 1 unspecified atom stereocenters. The molecular formula is C14H21N3O4. The third-order valence-corrected chi connectivity index (χ3v) is 3.64. The van der Waals surface area contributed by atoms with Gasteiger partial charge in [0.15, 0.2) is 0 Å². The molecule has 0 aliphatic carbocycles. The normalized spacial score (nSPS) is 23.1. The minimum atomic E-state index is -0.0562. The number of ether oxygens (including phenoxy) is 3. The molecule has 21 heavy (non-hydrogen) atoms. The highest BCUT2D eigenvalue weighted by Crippen LogP contribution is 2.21. The predicted octanol–water partition coefficient (Wildman–Crippen LogP) is -0.163. The van der Waals surface area contributed by atoms with E-state index < -0.39 is 0 Å². The first-order valence-electron chi connectivity index (χ1n) is 7.30. The zero-order valence-electron chi connectivity index (χ0n) is 12.0. The van der Waals surface area contributed by atoms with Crippen molar-refractivity contribution in [1.82, 2.24) is 9.97 Å². The Morgan fingerprint density at radius 3 is 3.00 bits per heavy atom. The molecule has 1 N–H and O–H groups in total. The molecule has 0 amide bonds. The molecule has 3 rings (SSSR count). The molecule has 3 heterocycles. The maximum Gasteiger partial charge on any atom is 0.225 e. The fraction of sp³-hybridized carbons (Fsp3) is 0.714. The Kier molecular flexibility index (Phi) is 4.97. The van der Waals surface area contributed by atoms with E-state index >= 15 is 0 Å². The maximum absolute atomic E-state index is 9.08. The van der Waals surface area contributed by atoms with Gasteiger partial charge in [-0.15, -0.1) is 0 Å². The standard InChI is InChI=1S/C14H21N3O4/c18-7-12-1-2-15-14(16-12)17-5-11(6-17)8-20-10-13-9-19-3-4-21-13/h1-2,11,13,18H,3-10H2. The molecule has 0 aromatic carbocycles. The van der Waals surface area contributed by atoms with Crippen molar-refractivity contribution in [2.45, 2.75) is 12.7 Å². The van der Waals surface area contributed by atoms with Crippen LogP contribution in [0.4, 0.5) is 5.95 Å². The second-order valence-corrected chi connectivity index (χ2v) is 5.38. The summed E-state index contributed by atoms with van der Waals surface area (Å²) in [6.45, 7) is 4.99. The summed E-state index contributed by atoms with van der Waals surface area (Å²) in [5, 5.41) is 9.08. The molecule has 2 aliphatic rings. The number of aromatic nitrogens is 2. The summed E-state index contributed by atoms with van der Waals surface area (Å²) in [6.07, 6.45) is 1.75. The van der Waals surface area contributed by atoms with E-state index in [4.69, 9.17) is 19.3 Å². The molecule has 7 heteroatoms. The highest BCUT2D eigenvalue weighted by molar-refractivity contribution is 5.34. The zero-order valence-corrected chi connectivity index (χ0v) is 12.0. The zero-order chi connectivity index (χ0) is 14.5. The average Bonchev–Trinajstić information content (AvgIpc) is 2.50. The Morgan fingerprint density at radius 2 is 2.24 bits per heavy atom. The van der Waals surface area contributed by atoms with Gasteiger partial charge in [-0.05, 0) is 6.07 Å². The highest BCUT2D eigenvalue weighted by atomic mass is 16.6. The Labute approximate surface area is 123 Å². The minimum absolute atomic E-state index is 0.0562. The first kappa shape index (κ1) is 14.6. The van der Waals surface area contributed by atoms with E-state index in [0.29, 0.717) is 44.0 Å². The van der Waals surface area contributed by atoms with Crippen LogP contribution in [0.15, 0.2) is 12.3 Å². The van der Waals surface area contributed by atoms with E-state index in [1.807, 2.05) is 0 Å². The van der Waals surface area contributed by atoms with Gasteiger partial charge in [-0.1, -0.05) is 0 Å². The van der Waals surface area contributed by atoms with Crippen LogP contribution in [0.25, 0.3) is 0 Å². The number of anilines is 1. The van der Waals surface area contributed by atoms with Crippen LogP contribution in [-0.4, -0.2) is 67.3 Å². The second kappa shape index (κ2) is 7.13. The van der Waals surface area contributed by atoms with Gasteiger partial charge in [0.2, 0.25) is 5.95 Å². The Balaban J connectivity index is 1.35. The predicted molar refractivity (Wildman–Crippen MR) is 75.0 cm³/mol. The van der Waals surface area contributed by atoms with E-state index in [-0.39, 0.29) is 12.7 Å². The molecule has 7 nitrogen and oxygen atoms in total. The smallest absolute Gasteiger partial charge is 0.225 e. The molecule has 0 bridgehead atoms. The van der Waals surface area contributed by atoms with Crippen molar-refractivity contribution >= 4 is 5.95 Å². The molecule has 1 aromatic rings. The minimum Gasteiger partial charge on any atom is -0.390 e. The second-order valence-electron chi connectivity index (χ2n) is 5.38. The quantitative estimate of drug-likeness (QED) is 0.781. The van der Waals surface area contributed by atoms with Crippen molar-refractivity contribution in [3.8, 4) is 0 Å². The van der Waals surface area contributed by atoms with Gasteiger partial charge < -0.3 is 24.2 Å². The third-order valence-electron chi connectivity index (χ3n) is 3.64. The van der Waals surface area contributed by atoms with E-state index in [0.717, 1.165) is 19.7 Å². The summed E-state index contributed by atoms with van der Waals surface area (Å²) < 4.78 is 16.5. The van der Waals surface area contributed by atoms with Crippen LogP contribution in [-0.2, 0) is 20.8 Å². The van der Waals surface area contributed by atoms with Crippen molar-refractivity contribution in [3.63, 3.8) is 0 Å². The lowest BCUT2D eigenvalue weighted by Crippen LogP contribution is -2.50. The Morgan fingerprint density at radius 1 is 1.33 bits per heavy atom. The first-order valence-corrected chi connectivity index (χ1v) is 7.30. The molecule has 2 aliphatic heterocycles. The molecule has 0 spiro atoms. The van der Waals surface area contributed by atoms with E-state index in [1.165, 1.54) is 0 Å². The highest BCUT2D eigenvalue weighted by Gasteiger charge is 2.29. The van der Waals surface area contributed by atoms with Crippen LogP contribution < -0.4 is 4.90 Å². The number of nitrogens with zero attached hydrogens (tertiary/aromatic N) is 3.